The molecule has 0 amide bonds. The summed E-state index contributed by atoms with van der Waals surface area (Å²) in [6.07, 6.45) is 1.62. The Morgan fingerprint density at radius 3 is 2.68 bits per heavy atom. The fraction of sp³-hybridized carbons (Fsp3) is 0.333. The van der Waals surface area contributed by atoms with E-state index in [1.165, 1.54) is 0 Å². The minimum atomic E-state index is -0.315. The predicted molar refractivity (Wildman–Crippen MR) is 73.0 cm³/mol. The molecule has 19 heavy (non-hydrogen) atoms. The number of hydrogen-bond donors (Lipinski definition) is 0. The number of alkyl halides is 1. The van der Waals surface area contributed by atoms with Crippen LogP contribution in [-0.4, -0.2) is 13.2 Å². The Kier molecular flexibility index (Phi) is 3.38. The van der Waals surface area contributed by atoms with Gasteiger partial charge < -0.3 is 13.9 Å². The summed E-state index contributed by atoms with van der Waals surface area (Å²) < 4.78 is 16.8. The quantitative estimate of drug-likeness (QED) is 0.778. The third kappa shape index (κ3) is 2.56. The van der Waals surface area contributed by atoms with Crippen molar-refractivity contribution in [3.8, 4) is 11.5 Å². The molecule has 0 aliphatic carbocycles. The Labute approximate surface area is 117 Å². The van der Waals surface area contributed by atoms with Crippen LogP contribution < -0.4 is 9.47 Å². The number of rotatable bonds is 2. The van der Waals surface area contributed by atoms with E-state index in [9.17, 15) is 0 Å². The Morgan fingerprint density at radius 1 is 1.16 bits per heavy atom. The third-order valence-corrected chi connectivity index (χ3v) is 3.57. The second-order valence-electron chi connectivity index (χ2n) is 4.81. The van der Waals surface area contributed by atoms with Gasteiger partial charge in [0.1, 0.15) is 11.1 Å². The van der Waals surface area contributed by atoms with Gasteiger partial charge in [0.05, 0.1) is 19.5 Å². The van der Waals surface area contributed by atoms with E-state index in [0.717, 1.165) is 22.8 Å². The highest BCUT2D eigenvalue weighted by Gasteiger charge is 2.19. The molecule has 0 bridgehead atoms. The van der Waals surface area contributed by atoms with Crippen LogP contribution in [-0.2, 0) is 0 Å². The zero-order valence-corrected chi connectivity index (χ0v) is 11.4. The van der Waals surface area contributed by atoms with Crippen LogP contribution in [0.1, 0.15) is 23.6 Å². The molecule has 2 aromatic rings. The van der Waals surface area contributed by atoms with E-state index in [-0.39, 0.29) is 5.38 Å². The molecule has 100 valence electrons. The van der Waals surface area contributed by atoms with Crippen molar-refractivity contribution in [2.24, 2.45) is 5.92 Å². The van der Waals surface area contributed by atoms with Gasteiger partial charge in [-0.15, -0.1) is 11.6 Å². The number of furan rings is 1. The van der Waals surface area contributed by atoms with Crippen LogP contribution in [0.25, 0.3) is 0 Å². The first-order chi connectivity index (χ1) is 9.24. The smallest absolute Gasteiger partial charge is 0.161 e. The molecular weight excluding hydrogens is 264 g/mol. The van der Waals surface area contributed by atoms with Crippen LogP contribution >= 0.6 is 11.6 Å². The molecule has 2 unspecified atom stereocenters. The van der Waals surface area contributed by atoms with Gasteiger partial charge in [0.15, 0.2) is 11.5 Å². The molecule has 1 aromatic carbocycles. The van der Waals surface area contributed by atoms with Crippen molar-refractivity contribution in [1.82, 2.24) is 0 Å². The first kappa shape index (κ1) is 12.4. The molecule has 0 radical (unpaired) electrons. The summed E-state index contributed by atoms with van der Waals surface area (Å²) >= 11 is 6.39. The maximum atomic E-state index is 6.39. The van der Waals surface area contributed by atoms with E-state index in [0.29, 0.717) is 19.1 Å². The van der Waals surface area contributed by atoms with Gasteiger partial charge in [-0.05, 0) is 29.8 Å². The largest absolute Gasteiger partial charge is 0.489 e. The van der Waals surface area contributed by atoms with Crippen LogP contribution in [0.3, 0.4) is 0 Å². The van der Waals surface area contributed by atoms with Gasteiger partial charge in [-0.3, -0.25) is 0 Å². The third-order valence-electron chi connectivity index (χ3n) is 3.10. The summed E-state index contributed by atoms with van der Waals surface area (Å²) in [6, 6.07) is 9.46. The van der Waals surface area contributed by atoms with Gasteiger partial charge in [0, 0.05) is 5.92 Å². The fourth-order valence-corrected chi connectivity index (χ4v) is 2.29. The van der Waals surface area contributed by atoms with Crippen molar-refractivity contribution < 1.29 is 13.9 Å². The molecule has 0 spiro atoms. The first-order valence-corrected chi connectivity index (χ1v) is 6.74. The fourth-order valence-electron chi connectivity index (χ4n) is 2.03. The van der Waals surface area contributed by atoms with Crippen molar-refractivity contribution >= 4 is 11.6 Å². The highest BCUT2D eigenvalue weighted by Crippen LogP contribution is 2.37. The molecule has 0 saturated heterocycles. The average molecular weight is 279 g/mol. The molecule has 4 heteroatoms. The van der Waals surface area contributed by atoms with E-state index in [1.807, 2.05) is 30.3 Å². The van der Waals surface area contributed by atoms with Crippen molar-refractivity contribution in [3.63, 3.8) is 0 Å². The summed E-state index contributed by atoms with van der Waals surface area (Å²) in [7, 11) is 0. The van der Waals surface area contributed by atoms with E-state index in [1.54, 1.807) is 6.26 Å². The van der Waals surface area contributed by atoms with Gasteiger partial charge in [-0.1, -0.05) is 13.0 Å². The monoisotopic (exact) mass is 278 g/mol. The van der Waals surface area contributed by atoms with E-state index in [2.05, 4.69) is 6.92 Å². The van der Waals surface area contributed by atoms with Gasteiger partial charge in [-0.25, -0.2) is 0 Å². The number of halogens is 1. The molecule has 1 aromatic heterocycles. The molecule has 1 aliphatic heterocycles. The Hall–Kier alpha value is -1.61. The van der Waals surface area contributed by atoms with Gasteiger partial charge >= 0.3 is 0 Å². The summed E-state index contributed by atoms with van der Waals surface area (Å²) in [4.78, 5) is 0. The molecule has 3 rings (SSSR count). The predicted octanol–water partition coefficient (Wildman–Crippen LogP) is 4.02. The van der Waals surface area contributed by atoms with Crippen molar-refractivity contribution in [1.29, 1.82) is 0 Å². The normalized spacial score (nSPS) is 19.8. The number of ether oxygens (including phenoxy) is 2. The molecule has 0 fully saturated rings. The van der Waals surface area contributed by atoms with Gasteiger partial charge in [0.2, 0.25) is 0 Å². The SMILES string of the molecule is CC1COc2ccc(C(Cl)c3ccco3)cc2OC1. The van der Waals surface area contributed by atoms with Gasteiger partial charge in [0.25, 0.3) is 0 Å². The highest BCUT2D eigenvalue weighted by atomic mass is 35.5. The highest BCUT2D eigenvalue weighted by molar-refractivity contribution is 6.22. The minimum absolute atomic E-state index is 0.315. The maximum Gasteiger partial charge on any atom is 0.161 e. The lowest BCUT2D eigenvalue weighted by molar-refractivity contribution is 0.228. The topological polar surface area (TPSA) is 31.6 Å². The molecule has 2 atom stereocenters. The lowest BCUT2D eigenvalue weighted by Crippen LogP contribution is -2.12. The first-order valence-electron chi connectivity index (χ1n) is 6.31. The zero-order valence-electron chi connectivity index (χ0n) is 10.6. The number of fused-ring (bicyclic) bond motifs is 1. The Bertz CT molecular complexity index is 551. The zero-order chi connectivity index (χ0) is 13.2. The van der Waals surface area contributed by atoms with Crippen LogP contribution in [0.15, 0.2) is 41.0 Å². The number of benzene rings is 1. The van der Waals surface area contributed by atoms with Crippen molar-refractivity contribution in [2.75, 3.05) is 13.2 Å². The van der Waals surface area contributed by atoms with Crippen molar-refractivity contribution in [3.05, 3.63) is 47.9 Å². The summed E-state index contributed by atoms with van der Waals surface area (Å²) in [5, 5.41) is -0.315. The Balaban J connectivity index is 1.89. The second-order valence-corrected chi connectivity index (χ2v) is 5.25. The Morgan fingerprint density at radius 2 is 1.95 bits per heavy atom. The summed E-state index contributed by atoms with van der Waals surface area (Å²) in [6.45, 7) is 3.43. The average Bonchev–Trinajstić information content (AvgIpc) is 2.90. The van der Waals surface area contributed by atoms with E-state index >= 15 is 0 Å². The van der Waals surface area contributed by atoms with Crippen LogP contribution in [0.5, 0.6) is 11.5 Å². The molecule has 0 saturated carbocycles. The van der Waals surface area contributed by atoms with E-state index in [4.69, 9.17) is 25.5 Å². The summed E-state index contributed by atoms with van der Waals surface area (Å²) in [5.41, 5.74) is 0.938. The number of hydrogen-bond acceptors (Lipinski definition) is 3. The minimum Gasteiger partial charge on any atom is -0.489 e. The lowest BCUT2D eigenvalue weighted by atomic mass is 10.1. The van der Waals surface area contributed by atoms with E-state index < -0.39 is 0 Å². The van der Waals surface area contributed by atoms with Gasteiger partial charge in [-0.2, -0.15) is 0 Å². The van der Waals surface area contributed by atoms with Crippen LogP contribution in [0.4, 0.5) is 0 Å². The molecule has 3 nitrogen and oxygen atoms in total. The molecule has 2 heterocycles. The van der Waals surface area contributed by atoms with Crippen molar-refractivity contribution in [2.45, 2.75) is 12.3 Å². The standard InChI is InChI=1S/C15H15ClO3/c1-10-8-18-12-5-4-11(7-14(12)19-9-10)15(16)13-3-2-6-17-13/h2-7,10,15H,8-9H2,1H3. The molecular formula is C15H15ClO3. The summed E-state index contributed by atoms with van der Waals surface area (Å²) in [5.74, 6) is 2.63. The second kappa shape index (κ2) is 5.17. The maximum absolute atomic E-state index is 6.39. The molecule has 1 aliphatic rings. The van der Waals surface area contributed by atoms with Crippen LogP contribution in [0.2, 0.25) is 0 Å². The van der Waals surface area contributed by atoms with Crippen LogP contribution in [0, 0.1) is 5.92 Å². The lowest BCUT2D eigenvalue weighted by Gasteiger charge is -2.11. The molecule has 0 N–H and O–H groups in total.